The Labute approximate surface area is 246 Å². The summed E-state index contributed by atoms with van der Waals surface area (Å²) in [4.78, 5) is 53.6. The highest BCUT2D eigenvalue weighted by Gasteiger charge is 2.37. The molecule has 0 spiro atoms. The largest absolute Gasteiger partial charge is 0.350 e. The second-order valence-electron chi connectivity index (χ2n) is 10.3. The summed E-state index contributed by atoms with van der Waals surface area (Å²) in [6.07, 6.45) is -0.0496. The van der Waals surface area contributed by atoms with Crippen molar-refractivity contribution < 1.29 is 19.2 Å². The first-order valence-electron chi connectivity index (χ1n) is 13.9. The van der Waals surface area contributed by atoms with Gasteiger partial charge in [0, 0.05) is 50.3 Å². The number of benzene rings is 3. The van der Waals surface area contributed by atoms with Crippen LogP contribution in [-0.4, -0.2) is 66.2 Å². The zero-order valence-corrected chi connectivity index (χ0v) is 23.9. The molecule has 0 aliphatic carbocycles. The Morgan fingerprint density at radius 3 is 1.90 bits per heavy atom. The predicted octanol–water partition coefficient (Wildman–Crippen LogP) is 1.11. The lowest BCUT2D eigenvalue weighted by Gasteiger charge is -2.31. The van der Waals surface area contributed by atoms with E-state index >= 15 is 0 Å². The summed E-state index contributed by atoms with van der Waals surface area (Å²) in [6, 6.07) is 24.1. The molecule has 3 aromatic carbocycles. The van der Waals surface area contributed by atoms with E-state index in [0.29, 0.717) is 24.2 Å². The maximum absolute atomic E-state index is 13.5. The molecule has 0 aliphatic rings. The van der Waals surface area contributed by atoms with E-state index in [-0.39, 0.29) is 44.2 Å². The van der Waals surface area contributed by atoms with Crippen LogP contribution in [-0.2, 0) is 27.3 Å². The normalized spacial score (nSPS) is 13.0. The molecule has 8 N–H and O–H groups in total. The second-order valence-corrected chi connectivity index (χ2v) is 10.3. The Bertz CT molecular complexity index is 1330. The molecular weight excluding hydrogens is 532 g/mol. The molecule has 3 rings (SSSR count). The van der Waals surface area contributed by atoms with Crippen LogP contribution in [0.25, 0.3) is 0 Å². The van der Waals surface area contributed by atoms with Gasteiger partial charge in [-0.1, -0.05) is 84.9 Å². The first kappa shape index (κ1) is 32.1. The first-order valence-corrected chi connectivity index (χ1v) is 13.9. The Kier molecular flexibility index (Phi) is 11.9. The van der Waals surface area contributed by atoms with Gasteiger partial charge in [0.1, 0.15) is 5.54 Å². The molecule has 42 heavy (non-hydrogen) atoms. The zero-order valence-electron chi connectivity index (χ0n) is 23.9. The number of nitrogens with one attached hydrogen (secondary N) is 2. The summed E-state index contributed by atoms with van der Waals surface area (Å²) in [5.74, 6) is -1.47. The molecule has 10 nitrogen and oxygen atoms in total. The van der Waals surface area contributed by atoms with Crippen molar-refractivity contribution in [1.29, 1.82) is 0 Å². The zero-order chi connectivity index (χ0) is 30.5. The van der Waals surface area contributed by atoms with E-state index in [9.17, 15) is 19.2 Å². The average molecular weight is 573 g/mol. The topological polar surface area (TPSA) is 174 Å². The van der Waals surface area contributed by atoms with Crippen LogP contribution >= 0.6 is 0 Å². The van der Waals surface area contributed by atoms with E-state index in [1.807, 2.05) is 48.5 Å². The van der Waals surface area contributed by atoms with Gasteiger partial charge < -0.3 is 32.7 Å². The molecule has 3 aromatic rings. The highest BCUT2D eigenvalue weighted by Crippen LogP contribution is 2.16. The Morgan fingerprint density at radius 2 is 1.33 bits per heavy atom. The summed E-state index contributed by atoms with van der Waals surface area (Å²) < 4.78 is 0. The summed E-state index contributed by atoms with van der Waals surface area (Å²) in [6.45, 7) is 2.93. The van der Waals surface area contributed by atoms with Gasteiger partial charge in [-0.05, 0) is 18.1 Å². The van der Waals surface area contributed by atoms with Crippen molar-refractivity contribution in [1.82, 2.24) is 15.5 Å². The van der Waals surface area contributed by atoms with E-state index in [4.69, 9.17) is 17.2 Å². The number of carbonyl (C=O) groups is 4. The molecule has 0 heterocycles. The molecule has 0 aromatic heterocycles. The number of hydrogen-bond donors (Lipinski definition) is 5. The maximum Gasteiger partial charge on any atom is 0.246 e. The monoisotopic (exact) mass is 572 g/mol. The van der Waals surface area contributed by atoms with Crippen LogP contribution in [0.5, 0.6) is 0 Å². The van der Waals surface area contributed by atoms with Gasteiger partial charge in [-0.25, -0.2) is 0 Å². The molecule has 3 amide bonds. The Morgan fingerprint density at radius 1 is 0.786 bits per heavy atom. The number of rotatable bonds is 15. The van der Waals surface area contributed by atoms with Gasteiger partial charge in [0.15, 0.2) is 5.78 Å². The minimum atomic E-state index is -1.36. The van der Waals surface area contributed by atoms with Crippen LogP contribution in [0.3, 0.4) is 0 Å². The van der Waals surface area contributed by atoms with Crippen LogP contribution in [0.2, 0.25) is 0 Å². The fourth-order valence-electron chi connectivity index (χ4n) is 4.54. The molecule has 0 bridgehead atoms. The fourth-order valence-corrected chi connectivity index (χ4v) is 4.54. The summed E-state index contributed by atoms with van der Waals surface area (Å²) in [5.41, 5.74) is 18.7. The Balaban J connectivity index is 1.69. The molecule has 0 saturated heterocycles. The van der Waals surface area contributed by atoms with E-state index in [0.717, 1.165) is 11.1 Å². The van der Waals surface area contributed by atoms with Crippen molar-refractivity contribution in [3.63, 3.8) is 0 Å². The third kappa shape index (κ3) is 9.07. The molecule has 222 valence electrons. The van der Waals surface area contributed by atoms with Crippen LogP contribution < -0.4 is 27.8 Å². The second kappa shape index (κ2) is 15.6. The summed E-state index contributed by atoms with van der Waals surface area (Å²) in [5, 5.41) is 5.68. The van der Waals surface area contributed by atoms with Gasteiger partial charge in [-0.15, -0.1) is 0 Å². The molecule has 0 aliphatic heterocycles. The SMILES string of the molecule is CC(Cc1ccccc1)(NC(=O)[C@@H](N)CC(=O)N(CCN)CCN)C(=O)NCc1ccc(C(=O)c2ccccc2)cc1. The molecule has 1 unspecified atom stereocenters. The number of nitrogens with zero attached hydrogens (tertiary/aromatic N) is 1. The van der Waals surface area contributed by atoms with Gasteiger partial charge in [0.25, 0.3) is 0 Å². The highest BCUT2D eigenvalue weighted by atomic mass is 16.2. The van der Waals surface area contributed by atoms with Gasteiger partial charge in [0.2, 0.25) is 17.7 Å². The van der Waals surface area contributed by atoms with Crippen LogP contribution in [0.15, 0.2) is 84.9 Å². The van der Waals surface area contributed by atoms with E-state index in [2.05, 4.69) is 10.6 Å². The van der Waals surface area contributed by atoms with Gasteiger partial charge in [-0.3, -0.25) is 19.2 Å². The molecule has 0 saturated carbocycles. The number of hydrogen-bond acceptors (Lipinski definition) is 7. The van der Waals surface area contributed by atoms with Crippen molar-refractivity contribution in [3.05, 3.63) is 107 Å². The molecule has 0 fully saturated rings. The Hall–Kier alpha value is -4.38. The van der Waals surface area contributed by atoms with Crippen molar-refractivity contribution >= 4 is 23.5 Å². The minimum Gasteiger partial charge on any atom is -0.350 e. The van der Waals surface area contributed by atoms with Gasteiger partial charge in [-0.2, -0.15) is 0 Å². The highest BCUT2D eigenvalue weighted by molar-refractivity contribution is 6.09. The number of amides is 3. The maximum atomic E-state index is 13.5. The quantitative estimate of drug-likeness (QED) is 0.170. The molecule has 0 radical (unpaired) electrons. The first-order chi connectivity index (χ1) is 20.2. The summed E-state index contributed by atoms with van der Waals surface area (Å²) in [7, 11) is 0. The van der Waals surface area contributed by atoms with Crippen molar-refractivity contribution in [2.75, 3.05) is 26.2 Å². The smallest absolute Gasteiger partial charge is 0.246 e. The molecule has 10 heteroatoms. The minimum absolute atomic E-state index is 0.0895. The van der Waals surface area contributed by atoms with Crippen LogP contribution in [0.4, 0.5) is 0 Å². The molecular formula is C32H40N6O4. The van der Waals surface area contributed by atoms with Crippen LogP contribution in [0, 0.1) is 0 Å². The molecule has 2 atom stereocenters. The average Bonchev–Trinajstić information content (AvgIpc) is 3.00. The lowest BCUT2D eigenvalue weighted by atomic mass is 9.91. The lowest BCUT2D eigenvalue weighted by molar-refractivity contribution is -0.136. The number of nitrogens with two attached hydrogens (primary N) is 3. The van der Waals surface area contributed by atoms with E-state index in [1.165, 1.54) is 4.90 Å². The number of carbonyl (C=O) groups excluding carboxylic acids is 4. The van der Waals surface area contributed by atoms with Gasteiger partial charge in [0.05, 0.1) is 12.5 Å². The lowest BCUT2D eigenvalue weighted by Crippen LogP contribution is -2.61. The predicted molar refractivity (Wildman–Crippen MR) is 162 cm³/mol. The van der Waals surface area contributed by atoms with Crippen molar-refractivity contribution in [2.45, 2.75) is 37.9 Å². The van der Waals surface area contributed by atoms with Crippen molar-refractivity contribution in [2.24, 2.45) is 17.2 Å². The third-order valence-corrected chi connectivity index (χ3v) is 6.89. The van der Waals surface area contributed by atoms with Crippen LogP contribution in [0.1, 0.15) is 40.4 Å². The van der Waals surface area contributed by atoms with Gasteiger partial charge >= 0.3 is 0 Å². The van der Waals surface area contributed by atoms with E-state index < -0.39 is 23.4 Å². The number of ketones is 1. The third-order valence-electron chi connectivity index (χ3n) is 6.89. The van der Waals surface area contributed by atoms with Crippen molar-refractivity contribution in [3.8, 4) is 0 Å². The fraction of sp³-hybridized carbons (Fsp3) is 0.312. The van der Waals surface area contributed by atoms with E-state index in [1.54, 1.807) is 43.3 Å². The standard InChI is InChI=1S/C32H40N6O4/c1-32(21-23-8-4-2-5-9-23,37-30(41)27(35)20-28(39)38(18-16-33)19-17-34)31(42)36-22-24-12-14-26(15-13-24)29(40)25-10-6-3-7-11-25/h2-15,27H,16-22,33-35H2,1H3,(H,36,42)(H,37,41)/t27-,32?/m0/s1. The summed E-state index contributed by atoms with van der Waals surface area (Å²) >= 11 is 0.